The second kappa shape index (κ2) is 8.04. The zero-order valence-electron chi connectivity index (χ0n) is 13.2. The van der Waals surface area contributed by atoms with Crippen LogP contribution in [0.25, 0.3) is 0 Å². The Labute approximate surface area is 141 Å². The number of non-ortho nitro benzene ring substituents is 1. The molecule has 0 saturated heterocycles. The summed E-state index contributed by atoms with van der Waals surface area (Å²) in [5.41, 5.74) is 1.31. The van der Waals surface area contributed by atoms with Gasteiger partial charge in [0, 0.05) is 18.7 Å². The molecule has 0 aliphatic carbocycles. The van der Waals surface area contributed by atoms with Gasteiger partial charge in [0.05, 0.1) is 10.6 Å². The molecular weight excluding hydrogens is 336 g/mol. The van der Waals surface area contributed by atoms with E-state index in [4.69, 9.17) is 0 Å². The number of amides is 2. The summed E-state index contributed by atoms with van der Waals surface area (Å²) in [5, 5.41) is 15.6. The standard InChI is InChI=1S/C16H15F2N3O4/c1-10-2-4-11(5-3-10)9-19-16(22)20-13-8-12(21(23)24)6-7-14(13)25-15(17)18/h2-8,15H,9H2,1H3,(H2,19,20,22). The van der Waals surface area contributed by atoms with Gasteiger partial charge in [0.15, 0.2) is 0 Å². The second-order valence-electron chi connectivity index (χ2n) is 5.11. The summed E-state index contributed by atoms with van der Waals surface area (Å²) in [5.74, 6) is -0.369. The van der Waals surface area contributed by atoms with Crippen molar-refractivity contribution < 1.29 is 23.2 Å². The summed E-state index contributed by atoms with van der Waals surface area (Å²) in [6, 6.07) is 9.66. The van der Waals surface area contributed by atoms with Crippen molar-refractivity contribution in [2.45, 2.75) is 20.1 Å². The van der Waals surface area contributed by atoms with Crippen molar-refractivity contribution in [3.05, 3.63) is 63.7 Å². The van der Waals surface area contributed by atoms with Crippen molar-refractivity contribution in [1.29, 1.82) is 0 Å². The molecule has 0 aliphatic heterocycles. The van der Waals surface area contributed by atoms with Gasteiger partial charge in [0.1, 0.15) is 5.75 Å². The minimum absolute atomic E-state index is 0.200. The van der Waals surface area contributed by atoms with Crippen LogP contribution in [-0.2, 0) is 6.54 Å². The first kappa shape index (κ1) is 18.1. The van der Waals surface area contributed by atoms with Crippen molar-refractivity contribution in [2.24, 2.45) is 0 Å². The van der Waals surface area contributed by atoms with E-state index in [-0.39, 0.29) is 23.7 Å². The normalized spacial score (nSPS) is 10.4. The smallest absolute Gasteiger partial charge is 0.387 e. The molecule has 0 atom stereocenters. The number of urea groups is 1. The highest BCUT2D eigenvalue weighted by Crippen LogP contribution is 2.30. The van der Waals surface area contributed by atoms with Crippen molar-refractivity contribution in [3.63, 3.8) is 0 Å². The van der Waals surface area contributed by atoms with Crippen LogP contribution in [0.2, 0.25) is 0 Å². The molecule has 2 amide bonds. The number of benzene rings is 2. The molecule has 132 valence electrons. The minimum Gasteiger partial charge on any atom is -0.433 e. The van der Waals surface area contributed by atoms with Crippen LogP contribution in [0.5, 0.6) is 5.75 Å². The third-order valence-corrected chi connectivity index (χ3v) is 3.21. The third-order valence-electron chi connectivity index (χ3n) is 3.21. The maximum Gasteiger partial charge on any atom is 0.387 e. The molecule has 0 fully saturated rings. The summed E-state index contributed by atoms with van der Waals surface area (Å²) in [6.07, 6.45) is 0. The van der Waals surface area contributed by atoms with E-state index in [1.165, 1.54) is 0 Å². The second-order valence-corrected chi connectivity index (χ2v) is 5.11. The highest BCUT2D eigenvalue weighted by Gasteiger charge is 2.16. The van der Waals surface area contributed by atoms with Crippen LogP contribution >= 0.6 is 0 Å². The van der Waals surface area contributed by atoms with Crippen molar-refractivity contribution in [3.8, 4) is 5.75 Å². The number of carbonyl (C=O) groups excluding carboxylic acids is 1. The average molecular weight is 351 g/mol. The van der Waals surface area contributed by atoms with Gasteiger partial charge < -0.3 is 15.4 Å². The number of hydrogen-bond acceptors (Lipinski definition) is 4. The molecule has 0 aromatic heterocycles. The lowest BCUT2D eigenvalue weighted by Gasteiger charge is -2.12. The van der Waals surface area contributed by atoms with Crippen molar-refractivity contribution in [1.82, 2.24) is 5.32 Å². The molecule has 0 bridgehead atoms. The number of anilines is 1. The molecule has 25 heavy (non-hydrogen) atoms. The molecular formula is C16H15F2N3O4. The third kappa shape index (κ3) is 5.41. The quantitative estimate of drug-likeness (QED) is 0.611. The highest BCUT2D eigenvalue weighted by atomic mass is 19.3. The first-order valence-corrected chi connectivity index (χ1v) is 7.19. The molecule has 2 rings (SSSR count). The summed E-state index contributed by atoms with van der Waals surface area (Å²) in [7, 11) is 0. The van der Waals surface area contributed by atoms with Gasteiger partial charge in [0.25, 0.3) is 5.69 Å². The summed E-state index contributed by atoms with van der Waals surface area (Å²) >= 11 is 0. The molecule has 9 heteroatoms. The lowest BCUT2D eigenvalue weighted by molar-refractivity contribution is -0.384. The van der Waals surface area contributed by atoms with E-state index in [0.29, 0.717) is 0 Å². The molecule has 0 heterocycles. The first-order valence-electron chi connectivity index (χ1n) is 7.19. The lowest BCUT2D eigenvalue weighted by atomic mass is 10.1. The Kier molecular flexibility index (Phi) is 5.83. The topological polar surface area (TPSA) is 93.5 Å². The van der Waals surface area contributed by atoms with Crippen molar-refractivity contribution in [2.75, 3.05) is 5.32 Å². The monoisotopic (exact) mass is 351 g/mol. The molecule has 0 aliphatic rings. The maximum atomic E-state index is 12.4. The molecule has 2 N–H and O–H groups in total. The Morgan fingerprint density at radius 2 is 1.92 bits per heavy atom. The Morgan fingerprint density at radius 3 is 2.52 bits per heavy atom. The Morgan fingerprint density at radius 1 is 1.24 bits per heavy atom. The van der Waals surface area contributed by atoms with Crippen LogP contribution in [0.4, 0.5) is 25.0 Å². The van der Waals surface area contributed by atoms with Crippen LogP contribution in [0.3, 0.4) is 0 Å². The van der Waals surface area contributed by atoms with E-state index in [0.717, 1.165) is 29.3 Å². The first-order chi connectivity index (χ1) is 11.8. The minimum atomic E-state index is -3.13. The van der Waals surface area contributed by atoms with Crippen LogP contribution in [0.15, 0.2) is 42.5 Å². The predicted molar refractivity (Wildman–Crippen MR) is 86.8 cm³/mol. The number of nitro benzene ring substituents is 1. The zero-order valence-corrected chi connectivity index (χ0v) is 13.2. The maximum absolute atomic E-state index is 12.4. The number of nitrogens with zero attached hydrogens (tertiary/aromatic N) is 1. The van der Waals surface area contributed by atoms with E-state index in [1.54, 1.807) is 0 Å². The van der Waals surface area contributed by atoms with Gasteiger partial charge >= 0.3 is 12.6 Å². The van der Waals surface area contributed by atoms with E-state index in [2.05, 4.69) is 15.4 Å². The molecule has 0 saturated carbocycles. The van der Waals surface area contributed by atoms with Crippen LogP contribution in [-0.4, -0.2) is 17.6 Å². The number of ether oxygens (including phenoxy) is 1. The Bertz CT molecular complexity index is 766. The number of hydrogen-bond donors (Lipinski definition) is 2. The van der Waals surface area contributed by atoms with Gasteiger partial charge in [0.2, 0.25) is 0 Å². The van der Waals surface area contributed by atoms with Gasteiger partial charge in [-0.15, -0.1) is 0 Å². The van der Waals surface area contributed by atoms with E-state index >= 15 is 0 Å². The lowest BCUT2D eigenvalue weighted by Crippen LogP contribution is -2.28. The number of carbonyl (C=O) groups is 1. The number of halogens is 2. The molecule has 2 aromatic carbocycles. The van der Waals surface area contributed by atoms with E-state index in [9.17, 15) is 23.7 Å². The summed E-state index contributed by atoms with van der Waals surface area (Å²) in [6.45, 7) is -0.999. The number of alkyl halides is 2. The number of aryl methyl sites for hydroxylation is 1. The van der Waals surface area contributed by atoms with E-state index < -0.39 is 17.6 Å². The average Bonchev–Trinajstić information content (AvgIpc) is 2.55. The predicted octanol–water partition coefficient (Wildman–Crippen LogP) is 3.83. The number of nitrogens with one attached hydrogen (secondary N) is 2. The largest absolute Gasteiger partial charge is 0.433 e. The SMILES string of the molecule is Cc1ccc(CNC(=O)Nc2cc([N+](=O)[O-])ccc2OC(F)F)cc1. The molecule has 0 spiro atoms. The molecule has 2 aromatic rings. The van der Waals surface area contributed by atoms with Crippen LogP contribution in [0, 0.1) is 17.0 Å². The number of nitro groups is 1. The molecule has 0 radical (unpaired) electrons. The fourth-order valence-electron chi connectivity index (χ4n) is 1.98. The molecule has 7 nitrogen and oxygen atoms in total. The zero-order chi connectivity index (χ0) is 18.4. The van der Waals surface area contributed by atoms with E-state index in [1.807, 2.05) is 31.2 Å². The van der Waals surface area contributed by atoms with Gasteiger partial charge in [-0.3, -0.25) is 10.1 Å². The number of rotatable bonds is 6. The fourth-order valence-corrected chi connectivity index (χ4v) is 1.98. The van der Waals surface area contributed by atoms with Crippen LogP contribution < -0.4 is 15.4 Å². The van der Waals surface area contributed by atoms with Crippen molar-refractivity contribution >= 4 is 17.4 Å². The summed E-state index contributed by atoms with van der Waals surface area (Å²) in [4.78, 5) is 22.0. The molecule has 0 unspecified atom stereocenters. The van der Waals surface area contributed by atoms with Gasteiger partial charge in [-0.2, -0.15) is 8.78 Å². The Hall–Kier alpha value is -3.23. The fraction of sp³-hybridized carbons (Fsp3) is 0.188. The van der Waals surface area contributed by atoms with Crippen LogP contribution in [0.1, 0.15) is 11.1 Å². The Balaban J connectivity index is 2.08. The summed E-state index contributed by atoms with van der Waals surface area (Å²) < 4.78 is 29.1. The van der Waals surface area contributed by atoms with Gasteiger partial charge in [-0.25, -0.2) is 4.79 Å². The highest BCUT2D eigenvalue weighted by molar-refractivity contribution is 5.91. The van der Waals surface area contributed by atoms with Gasteiger partial charge in [-0.05, 0) is 18.6 Å². The van der Waals surface area contributed by atoms with Gasteiger partial charge in [-0.1, -0.05) is 29.8 Å².